The van der Waals surface area contributed by atoms with Crippen LogP contribution in [0.25, 0.3) is 0 Å². The normalized spacial score (nSPS) is 31.8. The summed E-state index contributed by atoms with van der Waals surface area (Å²) in [6.07, 6.45) is 8.31. The van der Waals surface area contributed by atoms with Gasteiger partial charge >= 0.3 is 0 Å². The van der Waals surface area contributed by atoms with Crippen LogP contribution in [0.4, 0.5) is 0 Å². The average molecular weight is 284 g/mol. The maximum Gasteiger partial charge on any atom is 0.0236 e. The van der Waals surface area contributed by atoms with Crippen LogP contribution in [0, 0.1) is 0 Å². The molecule has 21 heavy (non-hydrogen) atoms. The zero-order valence-electron chi connectivity index (χ0n) is 13.2. The summed E-state index contributed by atoms with van der Waals surface area (Å²) in [5.41, 5.74) is 3.10. The van der Waals surface area contributed by atoms with Crippen LogP contribution in [0.5, 0.6) is 0 Å². The highest BCUT2D eigenvalue weighted by molar-refractivity contribution is 5.29. The van der Waals surface area contributed by atoms with Gasteiger partial charge in [0.15, 0.2) is 0 Å². The molecule has 4 rings (SSSR count). The fourth-order valence-electron chi connectivity index (χ4n) is 4.42. The molecule has 2 atom stereocenters. The molecule has 0 spiro atoms. The van der Waals surface area contributed by atoms with E-state index in [1.54, 1.807) is 5.56 Å². The van der Waals surface area contributed by atoms with Gasteiger partial charge in [0, 0.05) is 24.7 Å². The van der Waals surface area contributed by atoms with Crippen LogP contribution < -0.4 is 5.32 Å². The van der Waals surface area contributed by atoms with Crippen molar-refractivity contribution in [3.63, 3.8) is 0 Å². The van der Waals surface area contributed by atoms with Crippen molar-refractivity contribution in [1.82, 2.24) is 10.2 Å². The zero-order chi connectivity index (χ0) is 14.2. The second kappa shape index (κ2) is 5.73. The zero-order valence-corrected chi connectivity index (χ0v) is 13.2. The first-order valence-electron chi connectivity index (χ1n) is 8.90. The second-order valence-electron chi connectivity index (χ2n) is 7.35. The van der Waals surface area contributed by atoms with Crippen molar-refractivity contribution >= 4 is 0 Å². The van der Waals surface area contributed by atoms with Gasteiger partial charge < -0.3 is 5.32 Å². The molecule has 2 unspecified atom stereocenters. The minimum absolute atomic E-state index is 0.790. The summed E-state index contributed by atoms with van der Waals surface area (Å²) < 4.78 is 0. The maximum absolute atomic E-state index is 3.77. The number of hydrogen-bond donors (Lipinski definition) is 1. The largest absolute Gasteiger partial charge is 0.311 e. The maximum atomic E-state index is 3.77. The first-order valence-corrected chi connectivity index (χ1v) is 8.90. The standard InChI is InChI=1S/C19H28N2/c1-2-21(19-11-17-8-9-18(12-19)20-17)13-14-4-3-5-16(10-14)15-6-7-15/h3-5,10,15,17-20H,2,6-9,11-13H2,1H3. The van der Waals surface area contributed by atoms with E-state index >= 15 is 0 Å². The van der Waals surface area contributed by atoms with Crippen molar-refractivity contribution in [3.8, 4) is 0 Å². The molecule has 1 aromatic carbocycles. The Kier molecular flexibility index (Phi) is 3.76. The second-order valence-corrected chi connectivity index (χ2v) is 7.35. The number of fused-ring (bicyclic) bond motifs is 2. The molecule has 114 valence electrons. The Hall–Kier alpha value is -0.860. The highest BCUT2D eigenvalue weighted by Gasteiger charge is 2.35. The molecule has 0 amide bonds. The Morgan fingerprint density at radius 1 is 1.10 bits per heavy atom. The van der Waals surface area contributed by atoms with Crippen molar-refractivity contribution < 1.29 is 0 Å². The lowest BCUT2D eigenvalue weighted by molar-refractivity contribution is 0.140. The van der Waals surface area contributed by atoms with Gasteiger partial charge in [-0.05, 0) is 62.1 Å². The van der Waals surface area contributed by atoms with Crippen LogP contribution in [-0.4, -0.2) is 29.6 Å². The van der Waals surface area contributed by atoms with Crippen LogP contribution in [0.2, 0.25) is 0 Å². The summed E-state index contributed by atoms with van der Waals surface area (Å²) in [4.78, 5) is 2.72. The quantitative estimate of drug-likeness (QED) is 0.887. The van der Waals surface area contributed by atoms with Crippen molar-refractivity contribution in [3.05, 3.63) is 35.4 Å². The van der Waals surface area contributed by atoms with Gasteiger partial charge in [-0.15, -0.1) is 0 Å². The summed E-state index contributed by atoms with van der Waals surface area (Å²) in [5, 5.41) is 3.77. The third-order valence-corrected chi connectivity index (χ3v) is 5.76. The summed E-state index contributed by atoms with van der Waals surface area (Å²) in [7, 11) is 0. The number of benzene rings is 1. The third kappa shape index (κ3) is 3.02. The van der Waals surface area contributed by atoms with E-state index < -0.39 is 0 Å². The predicted octanol–water partition coefficient (Wildman–Crippen LogP) is 3.67. The highest BCUT2D eigenvalue weighted by atomic mass is 15.2. The van der Waals surface area contributed by atoms with Crippen LogP contribution in [-0.2, 0) is 6.54 Å². The van der Waals surface area contributed by atoms with Gasteiger partial charge in [-0.3, -0.25) is 4.90 Å². The first-order chi connectivity index (χ1) is 10.3. The van der Waals surface area contributed by atoms with Crippen LogP contribution >= 0.6 is 0 Å². The Balaban J connectivity index is 1.45. The highest BCUT2D eigenvalue weighted by Crippen LogP contribution is 2.40. The van der Waals surface area contributed by atoms with E-state index in [2.05, 4.69) is 41.4 Å². The molecule has 0 aromatic heterocycles. The monoisotopic (exact) mass is 284 g/mol. The third-order valence-electron chi connectivity index (χ3n) is 5.76. The van der Waals surface area contributed by atoms with Crippen LogP contribution in [0.15, 0.2) is 24.3 Å². The number of nitrogens with one attached hydrogen (secondary N) is 1. The Bertz CT molecular complexity index is 482. The lowest BCUT2D eigenvalue weighted by atomic mass is 9.97. The SMILES string of the molecule is CCN(Cc1cccc(C2CC2)c1)C1CC2CCC(C1)N2. The molecule has 2 heterocycles. The summed E-state index contributed by atoms with van der Waals surface area (Å²) >= 11 is 0. The van der Waals surface area contributed by atoms with Crippen molar-refractivity contribution in [2.75, 3.05) is 6.54 Å². The van der Waals surface area contributed by atoms with Gasteiger partial charge in [-0.25, -0.2) is 0 Å². The number of piperidine rings is 1. The molecule has 1 aromatic rings. The van der Waals surface area contributed by atoms with Crippen molar-refractivity contribution in [2.45, 2.75) is 76.0 Å². The van der Waals surface area contributed by atoms with E-state index in [0.29, 0.717) is 0 Å². The fraction of sp³-hybridized carbons (Fsp3) is 0.684. The van der Waals surface area contributed by atoms with Gasteiger partial charge in [0.1, 0.15) is 0 Å². The predicted molar refractivity (Wildman–Crippen MR) is 87.5 cm³/mol. The van der Waals surface area contributed by atoms with Gasteiger partial charge in [0.25, 0.3) is 0 Å². The summed E-state index contributed by atoms with van der Waals surface area (Å²) in [5.74, 6) is 0.870. The topological polar surface area (TPSA) is 15.3 Å². The molecule has 3 aliphatic rings. The number of rotatable bonds is 5. The Morgan fingerprint density at radius 2 is 1.86 bits per heavy atom. The van der Waals surface area contributed by atoms with E-state index in [1.165, 1.54) is 50.6 Å². The van der Waals surface area contributed by atoms with E-state index in [-0.39, 0.29) is 0 Å². The lowest BCUT2D eigenvalue weighted by Gasteiger charge is -2.37. The molecule has 1 aliphatic carbocycles. The smallest absolute Gasteiger partial charge is 0.0236 e. The molecule has 2 heteroatoms. The molecule has 3 fully saturated rings. The molecular weight excluding hydrogens is 256 g/mol. The molecule has 1 saturated carbocycles. The summed E-state index contributed by atoms with van der Waals surface area (Å²) in [6, 6.07) is 11.8. The number of hydrogen-bond acceptors (Lipinski definition) is 2. The Morgan fingerprint density at radius 3 is 2.52 bits per heavy atom. The van der Waals surface area contributed by atoms with Gasteiger partial charge in [-0.1, -0.05) is 31.2 Å². The van der Waals surface area contributed by atoms with Gasteiger partial charge in [0.05, 0.1) is 0 Å². The van der Waals surface area contributed by atoms with E-state index in [1.807, 2.05) is 0 Å². The van der Waals surface area contributed by atoms with Crippen molar-refractivity contribution in [1.29, 1.82) is 0 Å². The molecule has 1 N–H and O–H groups in total. The summed E-state index contributed by atoms with van der Waals surface area (Å²) in [6.45, 7) is 4.65. The first kappa shape index (κ1) is 13.8. The van der Waals surface area contributed by atoms with Crippen LogP contribution in [0.1, 0.15) is 62.5 Å². The Labute approximate surface area is 128 Å². The van der Waals surface area contributed by atoms with Gasteiger partial charge in [0.2, 0.25) is 0 Å². The molecular formula is C19H28N2. The van der Waals surface area contributed by atoms with E-state index in [4.69, 9.17) is 0 Å². The van der Waals surface area contributed by atoms with E-state index in [0.717, 1.165) is 30.6 Å². The minimum atomic E-state index is 0.790. The molecule has 2 nitrogen and oxygen atoms in total. The molecule has 2 aliphatic heterocycles. The minimum Gasteiger partial charge on any atom is -0.311 e. The number of nitrogens with zero attached hydrogens (tertiary/aromatic N) is 1. The average Bonchev–Trinajstić information content (AvgIpc) is 3.31. The van der Waals surface area contributed by atoms with Crippen molar-refractivity contribution in [2.24, 2.45) is 0 Å². The molecule has 2 saturated heterocycles. The van der Waals surface area contributed by atoms with Crippen LogP contribution in [0.3, 0.4) is 0 Å². The fourth-order valence-corrected chi connectivity index (χ4v) is 4.42. The molecule has 2 bridgehead atoms. The van der Waals surface area contributed by atoms with Gasteiger partial charge in [-0.2, -0.15) is 0 Å². The van der Waals surface area contributed by atoms with E-state index in [9.17, 15) is 0 Å². The lowest BCUT2D eigenvalue weighted by Crippen LogP contribution is -2.47. The molecule has 0 radical (unpaired) electrons.